The van der Waals surface area contributed by atoms with Crippen molar-refractivity contribution in [3.8, 4) is 12.1 Å². The smallest absolute Gasteiger partial charge is 0.414 e. The van der Waals surface area contributed by atoms with Crippen molar-refractivity contribution in [3.63, 3.8) is 0 Å². The quantitative estimate of drug-likeness (QED) is 0.665. The summed E-state index contributed by atoms with van der Waals surface area (Å²) >= 11 is 0. The van der Waals surface area contributed by atoms with Gasteiger partial charge in [-0.05, 0) is 30.7 Å². The molecular formula is C14H11N3O3. The predicted molar refractivity (Wildman–Crippen MR) is 69.9 cm³/mol. The van der Waals surface area contributed by atoms with Gasteiger partial charge in [-0.3, -0.25) is 10.1 Å². The first-order chi connectivity index (χ1) is 9.60. The highest BCUT2D eigenvalue weighted by molar-refractivity contribution is 6.07. The largest absolute Gasteiger partial charge is 0.450 e. The Hall–Kier alpha value is -3.12. The molecule has 1 rings (SSSR count). The Bertz CT molecular complexity index is 619. The predicted octanol–water partition coefficient (Wildman–Crippen LogP) is 1.74. The molecule has 2 amide bonds. The van der Waals surface area contributed by atoms with Crippen LogP contribution in [0.2, 0.25) is 0 Å². The fraction of sp³-hybridized carbons (Fsp3) is 0.143. The molecule has 20 heavy (non-hydrogen) atoms. The van der Waals surface area contributed by atoms with Crippen molar-refractivity contribution in [1.29, 1.82) is 10.5 Å². The van der Waals surface area contributed by atoms with E-state index in [1.165, 1.54) is 6.08 Å². The number of nitriles is 2. The number of ether oxygens (including phenoxy) is 1. The van der Waals surface area contributed by atoms with E-state index in [4.69, 9.17) is 10.5 Å². The van der Waals surface area contributed by atoms with Crippen molar-refractivity contribution in [2.24, 2.45) is 0 Å². The molecule has 1 aromatic carbocycles. The van der Waals surface area contributed by atoms with Crippen molar-refractivity contribution in [2.45, 2.75) is 6.92 Å². The van der Waals surface area contributed by atoms with Crippen molar-refractivity contribution in [1.82, 2.24) is 5.32 Å². The Morgan fingerprint density at radius 2 is 1.95 bits per heavy atom. The fourth-order valence-electron chi connectivity index (χ4n) is 1.30. The lowest BCUT2D eigenvalue weighted by Crippen LogP contribution is -2.31. The van der Waals surface area contributed by atoms with Gasteiger partial charge in [0.15, 0.2) is 0 Å². The molecule has 0 atom stereocenters. The van der Waals surface area contributed by atoms with Crippen LogP contribution >= 0.6 is 0 Å². The number of benzene rings is 1. The molecule has 0 aliphatic rings. The molecule has 0 saturated carbocycles. The zero-order valence-electron chi connectivity index (χ0n) is 10.7. The SMILES string of the molecule is CCOC(=O)NC(=O)/C(C#N)=C\c1ccc(C#N)cc1. The van der Waals surface area contributed by atoms with Gasteiger partial charge in [-0.2, -0.15) is 10.5 Å². The summed E-state index contributed by atoms with van der Waals surface area (Å²) < 4.78 is 4.54. The van der Waals surface area contributed by atoms with Crippen LogP contribution in [-0.4, -0.2) is 18.6 Å². The molecule has 0 aliphatic carbocycles. The number of imide groups is 1. The third-order valence-corrected chi connectivity index (χ3v) is 2.21. The third-order valence-electron chi connectivity index (χ3n) is 2.21. The van der Waals surface area contributed by atoms with Gasteiger partial charge in [0.2, 0.25) is 0 Å². The van der Waals surface area contributed by atoms with Gasteiger partial charge in [0, 0.05) is 0 Å². The van der Waals surface area contributed by atoms with Crippen LogP contribution in [-0.2, 0) is 9.53 Å². The molecule has 0 fully saturated rings. The maximum atomic E-state index is 11.6. The van der Waals surface area contributed by atoms with Crippen molar-refractivity contribution in [2.75, 3.05) is 6.61 Å². The summed E-state index contributed by atoms with van der Waals surface area (Å²) in [5.74, 6) is -0.838. The average Bonchev–Trinajstić information content (AvgIpc) is 2.45. The van der Waals surface area contributed by atoms with E-state index in [-0.39, 0.29) is 12.2 Å². The molecule has 6 heteroatoms. The van der Waals surface area contributed by atoms with Crippen molar-refractivity contribution >= 4 is 18.1 Å². The first kappa shape index (κ1) is 14.9. The summed E-state index contributed by atoms with van der Waals surface area (Å²) in [4.78, 5) is 22.7. The van der Waals surface area contributed by atoms with Gasteiger partial charge >= 0.3 is 6.09 Å². The molecule has 1 aromatic rings. The van der Waals surface area contributed by atoms with Gasteiger partial charge in [-0.1, -0.05) is 12.1 Å². The lowest BCUT2D eigenvalue weighted by molar-refractivity contribution is -0.116. The van der Waals surface area contributed by atoms with Gasteiger partial charge in [0.1, 0.15) is 11.6 Å². The topological polar surface area (TPSA) is 103 Å². The van der Waals surface area contributed by atoms with Gasteiger partial charge < -0.3 is 4.74 Å². The normalized spacial score (nSPS) is 10.1. The van der Waals surface area contributed by atoms with E-state index in [2.05, 4.69) is 4.74 Å². The highest BCUT2D eigenvalue weighted by Gasteiger charge is 2.13. The van der Waals surface area contributed by atoms with E-state index >= 15 is 0 Å². The molecule has 100 valence electrons. The second-order valence-electron chi connectivity index (χ2n) is 3.58. The minimum absolute atomic E-state index is 0.125. The van der Waals surface area contributed by atoms with Gasteiger partial charge in [-0.25, -0.2) is 4.79 Å². The first-order valence-electron chi connectivity index (χ1n) is 5.70. The van der Waals surface area contributed by atoms with E-state index in [1.54, 1.807) is 37.3 Å². The third kappa shape index (κ3) is 4.28. The summed E-state index contributed by atoms with van der Waals surface area (Å²) in [7, 11) is 0. The van der Waals surface area contributed by atoms with Crippen molar-refractivity contribution in [3.05, 3.63) is 41.0 Å². The zero-order valence-corrected chi connectivity index (χ0v) is 10.7. The van der Waals surface area contributed by atoms with E-state index in [1.807, 2.05) is 11.4 Å². The van der Waals surface area contributed by atoms with Gasteiger partial charge in [0.25, 0.3) is 5.91 Å². The highest BCUT2D eigenvalue weighted by Crippen LogP contribution is 2.08. The Morgan fingerprint density at radius 3 is 2.45 bits per heavy atom. The summed E-state index contributed by atoms with van der Waals surface area (Å²) in [6.45, 7) is 1.72. The number of nitrogens with one attached hydrogen (secondary N) is 1. The summed E-state index contributed by atoms with van der Waals surface area (Å²) in [5, 5.41) is 19.5. The van der Waals surface area contributed by atoms with E-state index in [0.29, 0.717) is 11.1 Å². The molecule has 0 aromatic heterocycles. The molecule has 6 nitrogen and oxygen atoms in total. The number of nitrogens with zero attached hydrogens (tertiary/aromatic N) is 2. The standard InChI is InChI=1S/C14H11N3O3/c1-2-20-14(19)17-13(18)12(9-16)7-10-3-5-11(8-15)6-4-10/h3-7H,2H2,1H3,(H,17,18,19)/b12-7-. The van der Waals surface area contributed by atoms with Crippen molar-refractivity contribution < 1.29 is 14.3 Å². The summed E-state index contributed by atoms with van der Waals surface area (Å²) in [6, 6.07) is 9.96. The molecule has 0 radical (unpaired) electrons. The first-order valence-corrected chi connectivity index (χ1v) is 5.70. The highest BCUT2D eigenvalue weighted by atomic mass is 16.5. The number of hydrogen-bond donors (Lipinski definition) is 1. The molecule has 0 aliphatic heterocycles. The minimum Gasteiger partial charge on any atom is -0.450 e. The van der Waals surface area contributed by atoms with Crippen LogP contribution in [0.1, 0.15) is 18.1 Å². The lowest BCUT2D eigenvalue weighted by atomic mass is 10.1. The number of carbonyl (C=O) groups is 2. The lowest BCUT2D eigenvalue weighted by Gasteiger charge is -2.03. The molecular weight excluding hydrogens is 258 g/mol. The van der Waals surface area contributed by atoms with Crippen LogP contribution in [0.25, 0.3) is 6.08 Å². The average molecular weight is 269 g/mol. The molecule has 0 spiro atoms. The molecule has 0 bridgehead atoms. The number of hydrogen-bond acceptors (Lipinski definition) is 5. The minimum atomic E-state index is -0.904. The van der Waals surface area contributed by atoms with Crippen LogP contribution in [0, 0.1) is 22.7 Å². The van der Waals surface area contributed by atoms with Crippen LogP contribution in [0.3, 0.4) is 0 Å². The maximum Gasteiger partial charge on any atom is 0.414 e. The second-order valence-corrected chi connectivity index (χ2v) is 3.58. The van der Waals surface area contributed by atoms with Crippen LogP contribution in [0.15, 0.2) is 29.8 Å². The van der Waals surface area contributed by atoms with E-state index in [0.717, 1.165) is 0 Å². The number of rotatable bonds is 3. The Balaban J connectivity index is 2.86. The summed E-state index contributed by atoms with van der Waals surface area (Å²) in [5.41, 5.74) is 0.805. The maximum absolute atomic E-state index is 11.6. The fourth-order valence-corrected chi connectivity index (χ4v) is 1.30. The number of carbonyl (C=O) groups excluding carboxylic acids is 2. The van der Waals surface area contributed by atoms with Crippen LogP contribution < -0.4 is 5.32 Å². The number of alkyl carbamates (subject to hydrolysis) is 1. The summed E-state index contributed by atoms with van der Waals surface area (Å²) in [6.07, 6.45) is 0.411. The second kappa shape index (κ2) is 7.34. The monoisotopic (exact) mass is 269 g/mol. The van der Waals surface area contributed by atoms with E-state index < -0.39 is 12.0 Å². The molecule has 0 saturated heterocycles. The van der Waals surface area contributed by atoms with Gasteiger partial charge in [0.05, 0.1) is 18.2 Å². The zero-order chi connectivity index (χ0) is 15.0. The van der Waals surface area contributed by atoms with Crippen LogP contribution in [0.4, 0.5) is 4.79 Å². The van der Waals surface area contributed by atoms with Gasteiger partial charge in [-0.15, -0.1) is 0 Å². The molecule has 0 unspecified atom stereocenters. The Kier molecular flexibility index (Phi) is 5.49. The van der Waals surface area contributed by atoms with Crippen LogP contribution in [0.5, 0.6) is 0 Å². The number of amides is 2. The molecule has 1 N–H and O–H groups in total. The molecule has 0 heterocycles. The Labute approximate surface area is 115 Å². The van der Waals surface area contributed by atoms with E-state index in [9.17, 15) is 9.59 Å². The Morgan fingerprint density at radius 1 is 1.30 bits per heavy atom.